The third-order valence-electron chi connectivity index (χ3n) is 4.25. The highest BCUT2D eigenvalue weighted by Gasteiger charge is 2.31. The molecule has 0 radical (unpaired) electrons. The molecule has 108 valence electrons. The molecule has 0 saturated heterocycles. The zero-order chi connectivity index (χ0) is 14.5. The van der Waals surface area contributed by atoms with E-state index in [0.29, 0.717) is 10.6 Å². The molecule has 0 saturated carbocycles. The van der Waals surface area contributed by atoms with Gasteiger partial charge in [0.2, 0.25) is 0 Å². The molecule has 0 bridgehead atoms. The summed E-state index contributed by atoms with van der Waals surface area (Å²) in [5.41, 5.74) is 1.77. The molecule has 1 aliphatic rings. The van der Waals surface area contributed by atoms with Crippen LogP contribution in [0.5, 0.6) is 0 Å². The molecule has 3 rings (SSSR count). The SMILES string of the molecule is CSc1nc(Cl)c2c3c(sc2n1)CC(C(C)(C)C)CC3. The van der Waals surface area contributed by atoms with E-state index >= 15 is 0 Å². The van der Waals surface area contributed by atoms with Crippen LogP contribution in [0.15, 0.2) is 5.16 Å². The summed E-state index contributed by atoms with van der Waals surface area (Å²) in [6.07, 6.45) is 5.49. The van der Waals surface area contributed by atoms with Gasteiger partial charge in [-0.2, -0.15) is 0 Å². The van der Waals surface area contributed by atoms with Gasteiger partial charge in [0.1, 0.15) is 9.98 Å². The van der Waals surface area contributed by atoms with Crippen LogP contribution in [0.4, 0.5) is 0 Å². The van der Waals surface area contributed by atoms with Crippen LogP contribution in [-0.4, -0.2) is 16.2 Å². The molecular weight excluding hydrogens is 308 g/mol. The smallest absolute Gasteiger partial charge is 0.190 e. The van der Waals surface area contributed by atoms with Gasteiger partial charge in [-0.05, 0) is 42.4 Å². The molecule has 2 aromatic rings. The van der Waals surface area contributed by atoms with Crippen molar-refractivity contribution in [1.29, 1.82) is 0 Å². The van der Waals surface area contributed by atoms with Gasteiger partial charge in [-0.15, -0.1) is 11.3 Å². The molecule has 0 aliphatic heterocycles. The van der Waals surface area contributed by atoms with Crippen LogP contribution in [0.25, 0.3) is 10.2 Å². The molecule has 0 fully saturated rings. The first-order chi connectivity index (χ1) is 9.40. The molecule has 1 atom stereocenters. The van der Waals surface area contributed by atoms with Gasteiger partial charge in [-0.3, -0.25) is 0 Å². The number of rotatable bonds is 1. The Labute approximate surface area is 133 Å². The van der Waals surface area contributed by atoms with Crippen LogP contribution in [0, 0.1) is 11.3 Å². The van der Waals surface area contributed by atoms with Crippen molar-refractivity contribution in [2.45, 2.75) is 45.2 Å². The van der Waals surface area contributed by atoms with E-state index in [4.69, 9.17) is 11.6 Å². The van der Waals surface area contributed by atoms with Crippen LogP contribution in [-0.2, 0) is 12.8 Å². The van der Waals surface area contributed by atoms with Crippen molar-refractivity contribution in [2.24, 2.45) is 11.3 Å². The average molecular weight is 327 g/mol. The molecule has 1 unspecified atom stereocenters. The molecule has 2 aromatic heterocycles. The Balaban J connectivity index is 2.09. The minimum Gasteiger partial charge on any atom is -0.211 e. The number of aromatic nitrogens is 2. The van der Waals surface area contributed by atoms with Crippen molar-refractivity contribution in [1.82, 2.24) is 9.97 Å². The number of nitrogens with zero attached hydrogens (tertiary/aromatic N) is 2. The lowest BCUT2D eigenvalue weighted by molar-refractivity contribution is 0.218. The average Bonchev–Trinajstić information content (AvgIpc) is 2.74. The Kier molecular flexibility index (Phi) is 3.76. The second-order valence-corrected chi connectivity index (χ2v) is 8.71. The van der Waals surface area contributed by atoms with E-state index in [2.05, 4.69) is 30.7 Å². The van der Waals surface area contributed by atoms with Gasteiger partial charge in [0, 0.05) is 4.88 Å². The lowest BCUT2D eigenvalue weighted by Crippen LogP contribution is -2.26. The monoisotopic (exact) mass is 326 g/mol. The maximum absolute atomic E-state index is 6.39. The summed E-state index contributed by atoms with van der Waals surface area (Å²) in [4.78, 5) is 11.6. The first-order valence-electron chi connectivity index (χ1n) is 6.92. The molecule has 2 heterocycles. The molecular formula is C15H19ClN2S2. The van der Waals surface area contributed by atoms with Crippen LogP contribution >= 0.6 is 34.7 Å². The highest BCUT2D eigenvalue weighted by atomic mass is 35.5. The highest BCUT2D eigenvalue weighted by Crippen LogP contribution is 2.44. The van der Waals surface area contributed by atoms with E-state index < -0.39 is 0 Å². The van der Waals surface area contributed by atoms with Crippen LogP contribution < -0.4 is 0 Å². The van der Waals surface area contributed by atoms with Crippen molar-refractivity contribution < 1.29 is 0 Å². The third-order valence-corrected chi connectivity index (χ3v) is 6.22. The number of fused-ring (bicyclic) bond motifs is 3. The number of thiophene rings is 1. The lowest BCUT2D eigenvalue weighted by atomic mass is 9.72. The fourth-order valence-electron chi connectivity index (χ4n) is 2.95. The second-order valence-electron chi connectivity index (χ2n) is 6.49. The minimum absolute atomic E-state index is 0.369. The second kappa shape index (κ2) is 5.15. The van der Waals surface area contributed by atoms with Crippen molar-refractivity contribution >= 4 is 44.9 Å². The maximum atomic E-state index is 6.39. The summed E-state index contributed by atoms with van der Waals surface area (Å²) < 4.78 is 0. The zero-order valence-corrected chi connectivity index (χ0v) is 14.7. The topological polar surface area (TPSA) is 25.8 Å². The predicted octanol–water partition coefficient (Wildman–Crippen LogP) is 5.22. The van der Waals surface area contributed by atoms with Gasteiger partial charge in [-0.1, -0.05) is 44.1 Å². The van der Waals surface area contributed by atoms with E-state index in [1.807, 2.05) is 17.6 Å². The quantitative estimate of drug-likeness (QED) is 0.408. The Morgan fingerprint density at radius 2 is 2.05 bits per heavy atom. The summed E-state index contributed by atoms with van der Waals surface area (Å²) >= 11 is 9.75. The Bertz CT molecular complexity index is 658. The minimum atomic E-state index is 0.369. The Hall–Kier alpha value is -0.320. The molecule has 1 aliphatic carbocycles. The summed E-state index contributed by atoms with van der Waals surface area (Å²) in [5.74, 6) is 0.745. The van der Waals surface area contributed by atoms with E-state index in [1.54, 1.807) is 11.8 Å². The van der Waals surface area contributed by atoms with Gasteiger partial charge in [0.05, 0.1) is 5.39 Å². The summed E-state index contributed by atoms with van der Waals surface area (Å²) in [7, 11) is 0. The fourth-order valence-corrected chi connectivity index (χ4v) is 5.06. The van der Waals surface area contributed by atoms with Gasteiger partial charge in [0.15, 0.2) is 5.16 Å². The van der Waals surface area contributed by atoms with Crippen molar-refractivity contribution in [3.8, 4) is 0 Å². The normalized spacial score (nSPS) is 19.4. The van der Waals surface area contributed by atoms with E-state index in [9.17, 15) is 0 Å². The fraction of sp³-hybridized carbons (Fsp3) is 0.600. The van der Waals surface area contributed by atoms with Gasteiger partial charge >= 0.3 is 0 Å². The zero-order valence-electron chi connectivity index (χ0n) is 12.3. The summed E-state index contributed by atoms with van der Waals surface area (Å²) in [6.45, 7) is 7.03. The summed E-state index contributed by atoms with van der Waals surface area (Å²) in [5, 5.41) is 2.51. The first-order valence-corrected chi connectivity index (χ1v) is 9.34. The largest absolute Gasteiger partial charge is 0.211 e. The molecule has 20 heavy (non-hydrogen) atoms. The van der Waals surface area contributed by atoms with Crippen LogP contribution in [0.1, 0.15) is 37.6 Å². The van der Waals surface area contributed by atoms with Crippen molar-refractivity contribution in [2.75, 3.05) is 6.26 Å². The molecule has 0 spiro atoms. The van der Waals surface area contributed by atoms with Crippen molar-refractivity contribution in [3.63, 3.8) is 0 Å². The number of aryl methyl sites for hydroxylation is 1. The number of hydrogen-bond acceptors (Lipinski definition) is 4. The third kappa shape index (κ3) is 2.46. The van der Waals surface area contributed by atoms with Crippen LogP contribution in [0.3, 0.4) is 0 Å². The number of halogens is 1. The molecule has 0 aromatic carbocycles. The molecule has 2 nitrogen and oxygen atoms in total. The van der Waals surface area contributed by atoms with Crippen molar-refractivity contribution in [3.05, 3.63) is 15.6 Å². The number of thioether (sulfide) groups is 1. The number of hydrogen-bond donors (Lipinski definition) is 0. The highest BCUT2D eigenvalue weighted by molar-refractivity contribution is 7.98. The molecule has 5 heteroatoms. The maximum Gasteiger partial charge on any atom is 0.190 e. The van der Waals surface area contributed by atoms with E-state index in [1.165, 1.54) is 16.9 Å². The Morgan fingerprint density at radius 1 is 1.30 bits per heavy atom. The van der Waals surface area contributed by atoms with Gasteiger partial charge < -0.3 is 0 Å². The molecule has 0 N–H and O–H groups in total. The van der Waals surface area contributed by atoms with Gasteiger partial charge in [0.25, 0.3) is 0 Å². The van der Waals surface area contributed by atoms with E-state index in [0.717, 1.165) is 34.1 Å². The lowest BCUT2D eigenvalue weighted by Gasteiger charge is -2.33. The standard InChI is InChI=1S/C15H19ClN2S2/c1-15(2,3)8-5-6-9-10(7-8)20-13-11(9)12(16)17-14(18-13)19-4/h8H,5-7H2,1-4H3. The van der Waals surface area contributed by atoms with E-state index in [-0.39, 0.29) is 0 Å². The summed E-state index contributed by atoms with van der Waals surface area (Å²) in [6, 6.07) is 0. The van der Waals surface area contributed by atoms with Gasteiger partial charge in [-0.25, -0.2) is 9.97 Å². The predicted molar refractivity (Wildman–Crippen MR) is 89.2 cm³/mol. The Morgan fingerprint density at radius 3 is 2.70 bits per heavy atom. The molecule has 0 amide bonds. The van der Waals surface area contributed by atoms with Crippen LogP contribution in [0.2, 0.25) is 5.15 Å². The first kappa shape index (κ1) is 14.6.